The molecule has 1 aromatic carbocycles. The molecule has 5 nitrogen and oxygen atoms in total. The maximum atomic E-state index is 13.6. The first-order valence-corrected chi connectivity index (χ1v) is 9.42. The number of likely N-dealkylation sites (tertiary alicyclic amines) is 1. The summed E-state index contributed by atoms with van der Waals surface area (Å²) < 4.78 is 67.5. The average molecular weight is 437 g/mol. The molecule has 1 fully saturated rings. The summed E-state index contributed by atoms with van der Waals surface area (Å²) in [6.45, 7) is -0.420. The maximum absolute atomic E-state index is 13.6. The van der Waals surface area contributed by atoms with Crippen LogP contribution >= 0.6 is 0 Å². The number of alkyl halides is 5. The molecule has 31 heavy (non-hydrogen) atoms. The molecule has 0 bridgehead atoms. The van der Waals surface area contributed by atoms with Crippen LogP contribution in [0.2, 0.25) is 0 Å². The van der Waals surface area contributed by atoms with Gasteiger partial charge in [0, 0.05) is 36.4 Å². The van der Waals surface area contributed by atoms with Gasteiger partial charge in [-0.3, -0.25) is 14.0 Å². The number of piperidine rings is 1. The van der Waals surface area contributed by atoms with Crippen LogP contribution in [-0.2, 0) is 6.18 Å². The Morgan fingerprint density at radius 3 is 2.45 bits per heavy atom. The molecular formula is C21H16F5N3O2. The van der Waals surface area contributed by atoms with Gasteiger partial charge in [0.1, 0.15) is 5.65 Å². The van der Waals surface area contributed by atoms with E-state index < -0.39 is 35.8 Å². The first-order chi connectivity index (χ1) is 14.5. The molecule has 0 radical (unpaired) electrons. The van der Waals surface area contributed by atoms with E-state index in [1.54, 1.807) is 0 Å². The number of aromatic nitrogens is 2. The summed E-state index contributed by atoms with van der Waals surface area (Å²) in [5.41, 5.74) is -1.50. The topological polar surface area (TPSA) is 54.7 Å². The van der Waals surface area contributed by atoms with E-state index >= 15 is 0 Å². The van der Waals surface area contributed by atoms with Crippen LogP contribution in [0.15, 0.2) is 53.5 Å². The summed E-state index contributed by atoms with van der Waals surface area (Å²) in [5, 5.41) is 0. The lowest BCUT2D eigenvalue weighted by molar-refractivity contribution is -0.141. The van der Waals surface area contributed by atoms with Crippen molar-refractivity contribution in [3.8, 4) is 11.1 Å². The zero-order valence-electron chi connectivity index (χ0n) is 16.0. The van der Waals surface area contributed by atoms with Gasteiger partial charge in [0.15, 0.2) is 5.69 Å². The van der Waals surface area contributed by atoms with E-state index in [2.05, 4.69) is 4.98 Å². The number of amides is 1. The van der Waals surface area contributed by atoms with E-state index in [-0.39, 0.29) is 36.2 Å². The Morgan fingerprint density at radius 2 is 1.81 bits per heavy atom. The molecule has 0 atom stereocenters. The summed E-state index contributed by atoms with van der Waals surface area (Å²) in [5.74, 6) is -3.47. The van der Waals surface area contributed by atoms with Crippen LogP contribution in [0.3, 0.4) is 0 Å². The minimum Gasteiger partial charge on any atom is -0.333 e. The molecule has 2 aromatic heterocycles. The molecule has 0 saturated carbocycles. The third-order valence-electron chi connectivity index (χ3n) is 5.10. The van der Waals surface area contributed by atoms with E-state index in [1.165, 1.54) is 42.6 Å². The minimum atomic E-state index is -4.78. The molecule has 0 aliphatic carbocycles. The third-order valence-corrected chi connectivity index (χ3v) is 5.10. The standard InChI is InChI=1S/C21H16F5N3O2/c22-20(23)8-2-9-28(12-20)19(31)14-6-4-13(5-7-14)15-3-1-10-29-17(30)11-16(21(24,25)26)27-18(15)29/h1,3-7,10-11H,2,8-9,12H2. The molecule has 1 amide bonds. The molecule has 4 rings (SSSR count). The Kier molecular flexibility index (Phi) is 5.03. The Morgan fingerprint density at radius 1 is 1.10 bits per heavy atom. The quantitative estimate of drug-likeness (QED) is 0.564. The number of hydrogen-bond donors (Lipinski definition) is 0. The van der Waals surface area contributed by atoms with Crippen molar-refractivity contribution in [3.05, 3.63) is 70.3 Å². The van der Waals surface area contributed by atoms with Crippen molar-refractivity contribution in [2.45, 2.75) is 24.9 Å². The van der Waals surface area contributed by atoms with Crippen LogP contribution in [0.4, 0.5) is 22.0 Å². The van der Waals surface area contributed by atoms with Gasteiger partial charge in [0.25, 0.3) is 17.4 Å². The SMILES string of the molecule is O=C(c1ccc(-c2cccn3c(=O)cc(C(F)(F)F)nc23)cc1)N1CCCC(F)(F)C1. The van der Waals surface area contributed by atoms with Gasteiger partial charge in [-0.1, -0.05) is 12.1 Å². The van der Waals surface area contributed by atoms with Crippen molar-refractivity contribution in [1.29, 1.82) is 0 Å². The van der Waals surface area contributed by atoms with E-state index in [4.69, 9.17) is 0 Å². The number of benzene rings is 1. The van der Waals surface area contributed by atoms with Crippen LogP contribution in [0.5, 0.6) is 0 Å². The maximum Gasteiger partial charge on any atom is 0.433 e. The lowest BCUT2D eigenvalue weighted by atomic mass is 10.0. The summed E-state index contributed by atoms with van der Waals surface area (Å²) in [6, 6.07) is 9.22. The third kappa shape index (κ3) is 4.14. The van der Waals surface area contributed by atoms with Gasteiger partial charge in [0.05, 0.1) is 6.54 Å². The highest BCUT2D eigenvalue weighted by atomic mass is 19.4. The largest absolute Gasteiger partial charge is 0.433 e. The van der Waals surface area contributed by atoms with Crippen LogP contribution in [-0.4, -0.2) is 39.2 Å². The van der Waals surface area contributed by atoms with Crippen LogP contribution in [0, 0.1) is 0 Å². The summed E-state index contributed by atoms with van der Waals surface area (Å²) in [6.07, 6.45) is -3.53. The number of pyridine rings is 1. The van der Waals surface area contributed by atoms with E-state index in [1.807, 2.05) is 0 Å². The fraction of sp³-hybridized carbons (Fsp3) is 0.286. The normalized spacial score (nSPS) is 16.5. The van der Waals surface area contributed by atoms with Crippen molar-refractivity contribution in [1.82, 2.24) is 14.3 Å². The molecule has 0 spiro atoms. The average Bonchev–Trinajstić information content (AvgIpc) is 2.71. The number of carbonyl (C=O) groups is 1. The first-order valence-electron chi connectivity index (χ1n) is 9.42. The van der Waals surface area contributed by atoms with Gasteiger partial charge >= 0.3 is 6.18 Å². The molecule has 0 N–H and O–H groups in total. The van der Waals surface area contributed by atoms with Crippen molar-refractivity contribution in [2.75, 3.05) is 13.1 Å². The number of fused-ring (bicyclic) bond motifs is 1. The second-order valence-electron chi connectivity index (χ2n) is 7.36. The van der Waals surface area contributed by atoms with Gasteiger partial charge < -0.3 is 4.90 Å². The molecule has 3 aromatic rings. The Hall–Kier alpha value is -3.30. The van der Waals surface area contributed by atoms with Crippen molar-refractivity contribution >= 4 is 11.6 Å². The predicted octanol–water partition coefficient (Wildman–Crippen LogP) is 4.25. The molecule has 1 aliphatic heterocycles. The van der Waals surface area contributed by atoms with E-state index in [0.717, 1.165) is 9.30 Å². The zero-order valence-corrected chi connectivity index (χ0v) is 16.0. The van der Waals surface area contributed by atoms with Gasteiger partial charge in [0.2, 0.25) is 0 Å². The highest BCUT2D eigenvalue weighted by Crippen LogP contribution is 2.30. The first kappa shape index (κ1) is 21.0. The van der Waals surface area contributed by atoms with Crippen LogP contribution in [0.1, 0.15) is 28.9 Å². The Bertz CT molecular complexity index is 1200. The molecule has 162 valence electrons. The minimum absolute atomic E-state index is 0.183. The van der Waals surface area contributed by atoms with Crippen molar-refractivity contribution in [2.24, 2.45) is 0 Å². The van der Waals surface area contributed by atoms with Gasteiger partial charge in [-0.15, -0.1) is 0 Å². The molecule has 3 heterocycles. The Labute approximate surface area is 172 Å². The highest BCUT2D eigenvalue weighted by Gasteiger charge is 2.37. The summed E-state index contributed by atoms with van der Waals surface area (Å²) in [4.78, 5) is 29.4. The summed E-state index contributed by atoms with van der Waals surface area (Å²) >= 11 is 0. The highest BCUT2D eigenvalue weighted by molar-refractivity contribution is 5.95. The molecule has 1 saturated heterocycles. The fourth-order valence-electron chi connectivity index (χ4n) is 3.61. The Balaban J connectivity index is 1.70. The monoisotopic (exact) mass is 437 g/mol. The number of halogens is 5. The van der Waals surface area contributed by atoms with Crippen molar-refractivity contribution in [3.63, 3.8) is 0 Å². The zero-order chi connectivity index (χ0) is 22.4. The molecular weight excluding hydrogens is 421 g/mol. The van der Waals surface area contributed by atoms with Crippen molar-refractivity contribution < 1.29 is 26.7 Å². The van der Waals surface area contributed by atoms with Gasteiger partial charge in [-0.05, 0) is 36.2 Å². The van der Waals surface area contributed by atoms with Gasteiger partial charge in [-0.2, -0.15) is 13.2 Å². The summed E-state index contributed by atoms with van der Waals surface area (Å²) in [7, 11) is 0. The molecule has 0 unspecified atom stereocenters. The van der Waals surface area contributed by atoms with Gasteiger partial charge in [-0.25, -0.2) is 13.8 Å². The number of hydrogen-bond acceptors (Lipinski definition) is 3. The van der Waals surface area contributed by atoms with Crippen LogP contribution in [0.25, 0.3) is 16.8 Å². The predicted molar refractivity (Wildman–Crippen MR) is 102 cm³/mol. The van der Waals surface area contributed by atoms with E-state index in [0.29, 0.717) is 11.6 Å². The molecule has 10 heteroatoms. The molecule has 1 aliphatic rings. The van der Waals surface area contributed by atoms with E-state index in [9.17, 15) is 31.5 Å². The number of carbonyl (C=O) groups excluding carboxylic acids is 1. The number of rotatable bonds is 2. The lowest BCUT2D eigenvalue weighted by Crippen LogP contribution is -2.45. The number of nitrogens with zero attached hydrogens (tertiary/aromatic N) is 3. The second-order valence-corrected chi connectivity index (χ2v) is 7.36. The smallest absolute Gasteiger partial charge is 0.333 e. The fourth-order valence-corrected chi connectivity index (χ4v) is 3.61. The lowest BCUT2D eigenvalue weighted by Gasteiger charge is -2.32. The van der Waals surface area contributed by atoms with Crippen LogP contribution < -0.4 is 5.56 Å². The second kappa shape index (κ2) is 7.44.